The fourth-order valence-electron chi connectivity index (χ4n) is 1.41. The summed E-state index contributed by atoms with van der Waals surface area (Å²) < 4.78 is 1.92. The average molecular weight is 203 g/mol. The van der Waals surface area contributed by atoms with Crippen LogP contribution in [0.25, 0.3) is 5.82 Å². The first-order chi connectivity index (χ1) is 7.11. The van der Waals surface area contributed by atoms with Gasteiger partial charge in [-0.3, -0.25) is 4.57 Å². The minimum atomic E-state index is 0.505. The first kappa shape index (κ1) is 9.64. The van der Waals surface area contributed by atoms with Crippen LogP contribution in [0, 0.1) is 20.8 Å². The molecule has 2 heterocycles. The number of anilines is 1. The molecule has 0 unspecified atom stereocenters. The first-order valence-electron chi connectivity index (χ1n) is 4.69. The van der Waals surface area contributed by atoms with Crippen LogP contribution < -0.4 is 5.73 Å². The van der Waals surface area contributed by atoms with E-state index in [4.69, 9.17) is 5.73 Å². The van der Waals surface area contributed by atoms with E-state index in [9.17, 15) is 0 Å². The molecule has 0 aliphatic rings. The Bertz CT molecular complexity index is 501. The number of aryl methyl sites for hydroxylation is 1. The first-order valence-corrected chi connectivity index (χ1v) is 4.69. The third kappa shape index (κ3) is 1.45. The van der Waals surface area contributed by atoms with E-state index < -0.39 is 0 Å². The van der Waals surface area contributed by atoms with Gasteiger partial charge in [0, 0.05) is 11.3 Å². The molecule has 0 atom stereocenters. The Labute approximate surface area is 88.0 Å². The molecule has 0 spiro atoms. The number of imidazole rings is 1. The van der Waals surface area contributed by atoms with Crippen molar-refractivity contribution in [1.82, 2.24) is 19.5 Å². The second-order valence-electron chi connectivity index (χ2n) is 3.49. The summed E-state index contributed by atoms with van der Waals surface area (Å²) in [7, 11) is 0. The van der Waals surface area contributed by atoms with Gasteiger partial charge in [-0.25, -0.2) is 15.0 Å². The van der Waals surface area contributed by atoms with Gasteiger partial charge in [0.25, 0.3) is 0 Å². The predicted molar refractivity (Wildman–Crippen MR) is 57.8 cm³/mol. The van der Waals surface area contributed by atoms with Gasteiger partial charge in [-0.15, -0.1) is 0 Å². The summed E-state index contributed by atoms with van der Waals surface area (Å²) >= 11 is 0. The van der Waals surface area contributed by atoms with Gasteiger partial charge >= 0.3 is 0 Å². The van der Waals surface area contributed by atoms with Crippen LogP contribution in [0.3, 0.4) is 0 Å². The molecule has 0 radical (unpaired) electrons. The molecule has 15 heavy (non-hydrogen) atoms. The molecular weight excluding hydrogens is 190 g/mol. The lowest BCUT2D eigenvalue weighted by atomic mass is 10.3. The maximum Gasteiger partial charge on any atom is 0.146 e. The van der Waals surface area contributed by atoms with Gasteiger partial charge in [-0.1, -0.05) is 0 Å². The molecule has 0 saturated heterocycles. The molecule has 0 fully saturated rings. The third-order valence-electron chi connectivity index (χ3n) is 2.58. The number of hydrogen-bond donors (Lipinski definition) is 1. The van der Waals surface area contributed by atoms with E-state index in [0.717, 1.165) is 22.8 Å². The monoisotopic (exact) mass is 203 g/mol. The summed E-state index contributed by atoms with van der Waals surface area (Å²) in [6.07, 6.45) is 3.21. The molecule has 2 rings (SSSR count). The van der Waals surface area contributed by atoms with Crippen LogP contribution in [0.1, 0.15) is 17.0 Å². The molecule has 2 aromatic heterocycles. The van der Waals surface area contributed by atoms with Gasteiger partial charge in [0.1, 0.15) is 24.3 Å². The van der Waals surface area contributed by atoms with E-state index in [2.05, 4.69) is 15.0 Å². The SMILES string of the molecule is Cc1ncn(-c2ncnc(N)c2C)c1C. The van der Waals surface area contributed by atoms with E-state index in [1.165, 1.54) is 6.33 Å². The normalized spacial score (nSPS) is 10.6. The van der Waals surface area contributed by atoms with Crippen molar-refractivity contribution in [3.63, 3.8) is 0 Å². The Hall–Kier alpha value is -1.91. The van der Waals surface area contributed by atoms with E-state index in [-0.39, 0.29) is 0 Å². The van der Waals surface area contributed by atoms with Gasteiger partial charge in [0.15, 0.2) is 0 Å². The number of rotatable bonds is 1. The number of nitrogen functional groups attached to an aromatic ring is 1. The highest BCUT2D eigenvalue weighted by molar-refractivity contribution is 5.48. The summed E-state index contributed by atoms with van der Waals surface area (Å²) in [5.74, 6) is 1.30. The summed E-state index contributed by atoms with van der Waals surface area (Å²) in [6.45, 7) is 5.87. The Kier molecular flexibility index (Phi) is 2.15. The standard InChI is InChI=1S/C10H13N5/c1-6-9(11)12-4-13-10(6)15-5-14-7(2)8(15)3/h4-5H,1-3H3,(H2,11,12,13). The molecule has 5 heteroatoms. The van der Waals surface area contributed by atoms with E-state index in [1.54, 1.807) is 6.33 Å². The Morgan fingerprint density at radius 3 is 2.47 bits per heavy atom. The molecule has 78 valence electrons. The van der Waals surface area contributed by atoms with Crippen molar-refractivity contribution in [2.45, 2.75) is 20.8 Å². The topological polar surface area (TPSA) is 69.6 Å². The van der Waals surface area contributed by atoms with Gasteiger partial charge in [-0.05, 0) is 20.8 Å². The smallest absolute Gasteiger partial charge is 0.146 e. The molecule has 0 saturated carbocycles. The van der Waals surface area contributed by atoms with Crippen LogP contribution >= 0.6 is 0 Å². The molecule has 0 amide bonds. The zero-order chi connectivity index (χ0) is 11.0. The van der Waals surface area contributed by atoms with Crippen LogP contribution in [0.5, 0.6) is 0 Å². The minimum Gasteiger partial charge on any atom is -0.383 e. The number of nitrogens with two attached hydrogens (primary N) is 1. The number of nitrogens with zero attached hydrogens (tertiary/aromatic N) is 4. The Morgan fingerprint density at radius 2 is 1.87 bits per heavy atom. The van der Waals surface area contributed by atoms with Crippen molar-refractivity contribution < 1.29 is 0 Å². The fourth-order valence-corrected chi connectivity index (χ4v) is 1.41. The van der Waals surface area contributed by atoms with Crippen molar-refractivity contribution >= 4 is 5.82 Å². The van der Waals surface area contributed by atoms with Crippen molar-refractivity contribution in [3.05, 3.63) is 29.6 Å². The average Bonchev–Trinajstić information content (AvgIpc) is 2.53. The quantitative estimate of drug-likeness (QED) is 0.755. The number of hydrogen-bond acceptors (Lipinski definition) is 4. The van der Waals surface area contributed by atoms with Crippen LogP contribution in [0.2, 0.25) is 0 Å². The van der Waals surface area contributed by atoms with Crippen LogP contribution in [0.4, 0.5) is 5.82 Å². The molecule has 2 aromatic rings. The lowest BCUT2D eigenvalue weighted by Gasteiger charge is -2.08. The second kappa shape index (κ2) is 3.34. The van der Waals surface area contributed by atoms with Gasteiger partial charge in [0.05, 0.1) is 5.69 Å². The maximum atomic E-state index is 5.73. The zero-order valence-corrected chi connectivity index (χ0v) is 9.02. The van der Waals surface area contributed by atoms with Crippen molar-refractivity contribution in [3.8, 4) is 5.82 Å². The highest BCUT2D eigenvalue weighted by Crippen LogP contribution is 2.17. The van der Waals surface area contributed by atoms with Crippen LogP contribution in [0.15, 0.2) is 12.7 Å². The van der Waals surface area contributed by atoms with Crippen LogP contribution in [-0.2, 0) is 0 Å². The van der Waals surface area contributed by atoms with Crippen molar-refractivity contribution in [2.24, 2.45) is 0 Å². The largest absolute Gasteiger partial charge is 0.383 e. The Morgan fingerprint density at radius 1 is 1.13 bits per heavy atom. The van der Waals surface area contributed by atoms with Crippen LogP contribution in [-0.4, -0.2) is 19.5 Å². The van der Waals surface area contributed by atoms with Gasteiger partial charge in [0.2, 0.25) is 0 Å². The highest BCUT2D eigenvalue weighted by atomic mass is 15.1. The third-order valence-corrected chi connectivity index (χ3v) is 2.58. The van der Waals surface area contributed by atoms with E-state index in [0.29, 0.717) is 5.82 Å². The minimum absolute atomic E-state index is 0.505. The molecule has 0 aliphatic heterocycles. The fraction of sp³-hybridized carbons (Fsp3) is 0.300. The predicted octanol–water partition coefficient (Wildman–Crippen LogP) is 1.17. The molecule has 0 aliphatic carbocycles. The van der Waals surface area contributed by atoms with E-state index >= 15 is 0 Å². The van der Waals surface area contributed by atoms with Crippen molar-refractivity contribution in [1.29, 1.82) is 0 Å². The lowest BCUT2D eigenvalue weighted by molar-refractivity contribution is 0.921. The van der Waals surface area contributed by atoms with Gasteiger partial charge < -0.3 is 5.73 Å². The molecule has 0 bridgehead atoms. The van der Waals surface area contributed by atoms with E-state index in [1.807, 2.05) is 25.3 Å². The zero-order valence-electron chi connectivity index (χ0n) is 9.02. The molecule has 0 aromatic carbocycles. The number of aromatic nitrogens is 4. The summed E-state index contributed by atoms with van der Waals surface area (Å²) in [5.41, 5.74) is 8.66. The maximum absolute atomic E-state index is 5.73. The summed E-state index contributed by atoms with van der Waals surface area (Å²) in [4.78, 5) is 12.4. The molecule has 5 nitrogen and oxygen atoms in total. The van der Waals surface area contributed by atoms with Crippen molar-refractivity contribution in [2.75, 3.05) is 5.73 Å². The Balaban J connectivity index is 2.64. The molecular formula is C10H13N5. The second-order valence-corrected chi connectivity index (χ2v) is 3.49. The summed E-state index contributed by atoms with van der Waals surface area (Å²) in [6, 6.07) is 0. The highest BCUT2D eigenvalue weighted by Gasteiger charge is 2.09. The van der Waals surface area contributed by atoms with Gasteiger partial charge in [-0.2, -0.15) is 0 Å². The summed E-state index contributed by atoms with van der Waals surface area (Å²) in [5, 5.41) is 0. The molecule has 2 N–H and O–H groups in total. The lowest BCUT2D eigenvalue weighted by Crippen LogP contribution is -2.05.